The first-order valence-electron chi connectivity index (χ1n) is 6.85. The van der Waals surface area contributed by atoms with E-state index in [0.29, 0.717) is 18.7 Å². The number of nitrogens with one attached hydrogen (secondary N) is 1. The highest BCUT2D eigenvalue weighted by molar-refractivity contribution is 5.92. The lowest BCUT2D eigenvalue weighted by molar-refractivity contribution is -0.135. The molecule has 0 spiro atoms. The molecular weight excluding hydrogens is 272 g/mol. The Morgan fingerprint density at radius 2 is 1.86 bits per heavy atom. The molecule has 0 aliphatic heterocycles. The molecule has 0 fully saturated rings. The highest BCUT2D eigenvalue weighted by Gasteiger charge is 2.18. The minimum atomic E-state index is -1.06. The fraction of sp³-hybridized carbons (Fsp3) is 0.400. The van der Waals surface area contributed by atoms with E-state index in [2.05, 4.69) is 5.32 Å². The first-order valence-corrected chi connectivity index (χ1v) is 6.85. The third-order valence-electron chi connectivity index (χ3n) is 3.03. The Morgan fingerprint density at radius 3 is 2.43 bits per heavy atom. The normalized spacial score (nSPS) is 10.0. The molecule has 0 aliphatic carbocycles. The molecule has 0 saturated heterocycles. The molecule has 2 amide bonds. The number of hydrogen-bond donors (Lipinski definition) is 2. The third kappa shape index (κ3) is 4.91. The van der Waals surface area contributed by atoms with Crippen molar-refractivity contribution in [2.75, 3.05) is 19.6 Å². The van der Waals surface area contributed by atoms with Crippen molar-refractivity contribution >= 4 is 17.8 Å². The summed E-state index contributed by atoms with van der Waals surface area (Å²) in [6, 6.07) is 6.38. The molecule has 1 aromatic rings. The van der Waals surface area contributed by atoms with Crippen LogP contribution in [0.2, 0.25) is 0 Å². The number of nitrogens with zero attached hydrogens (tertiary/aromatic N) is 1. The number of aromatic carboxylic acids is 1. The van der Waals surface area contributed by atoms with Crippen LogP contribution in [0.4, 0.5) is 0 Å². The van der Waals surface area contributed by atoms with Gasteiger partial charge in [0.15, 0.2) is 0 Å². The molecular formula is C15H20N2O4. The molecule has 0 heterocycles. The van der Waals surface area contributed by atoms with Gasteiger partial charge >= 0.3 is 5.97 Å². The summed E-state index contributed by atoms with van der Waals surface area (Å²) < 4.78 is 0. The molecule has 0 unspecified atom stereocenters. The van der Waals surface area contributed by atoms with E-state index in [0.717, 1.165) is 0 Å². The van der Waals surface area contributed by atoms with Crippen LogP contribution in [0.5, 0.6) is 0 Å². The highest BCUT2D eigenvalue weighted by atomic mass is 16.4. The van der Waals surface area contributed by atoms with Gasteiger partial charge in [0.05, 0.1) is 18.5 Å². The van der Waals surface area contributed by atoms with Gasteiger partial charge < -0.3 is 15.3 Å². The van der Waals surface area contributed by atoms with Crippen LogP contribution in [0.3, 0.4) is 0 Å². The Balaban J connectivity index is 2.79. The lowest BCUT2D eigenvalue weighted by atomic mass is 10.0. The topological polar surface area (TPSA) is 86.7 Å². The number of carboxylic acids is 1. The van der Waals surface area contributed by atoms with Crippen LogP contribution in [0.1, 0.15) is 29.8 Å². The Morgan fingerprint density at radius 1 is 1.19 bits per heavy atom. The largest absolute Gasteiger partial charge is 0.478 e. The number of carbonyl (C=O) groups is 3. The Kier molecular flexibility index (Phi) is 6.39. The van der Waals surface area contributed by atoms with E-state index in [9.17, 15) is 14.4 Å². The summed E-state index contributed by atoms with van der Waals surface area (Å²) in [5.41, 5.74) is 0.560. The molecule has 0 bridgehead atoms. The summed E-state index contributed by atoms with van der Waals surface area (Å²) in [6.45, 7) is 4.47. The van der Waals surface area contributed by atoms with Crippen LogP contribution in [0.25, 0.3) is 0 Å². The zero-order valence-electron chi connectivity index (χ0n) is 12.3. The molecule has 2 N–H and O–H groups in total. The van der Waals surface area contributed by atoms with Gasteiger partial charge in [-0.3, -0.25) is 9.59 Å². The molecule has 0 radical (unpaired) electrons. The maximum Gasteiger partial charge on any atom is 0.335 e. The monoisotopic (exact) mass is 292 g/mol. The quantitative estimate of drug-likeness (QED) is 0.782. The number of hydrogen-bond acceptors (Lipinski definition) is 3. The van der Waals surface area contributed by atoms with Crippen LogP contribution in [0, 0.1) is 0 Å². The van der Waals surface area contributed by atoms with Crippen molar-refractivity contribution in [3.63, 3.8) is 0 Å². The average Bonchev–Trinajstić information content (AvgIpc) is 2.45. The summed E-state index contributed by atoms with van der Waals surface area (Å²) in [7, 11) is 0. The van der Waals surface area contributed by atoms with Gasteiger partial charge in [-0.15, -0.1) is 0 Å². The van der Waals surface area contributed by atoms with Gasteiger partial charge in [-0.05, 0) is 25.5 Å². The summed E-state index contributed by atoms with van der Waals surface area (Å²) in [6.07, 6.45) is -0.0320. The number of benzene rings is 1. The van der Waals surface area contributed by atoms with Crippen molar-refractivity contribution in [1.82, 2.24) is 10.2 Å². The fourth-order valence-corrected chi connectivity index (χ4v) is 1.96. The van der Waals surface area contributed by atoms with Gasteiger partial charge in [0.1, 0.15) is 0 Å². The van der Waals surface area contributed by atoms with E-state index in [4.69, 9.17) is 5.11 Å². The second-order valence-corrected chi connectivity index (χ2v) is 4.50. The molecule has 1 aromatic carbocycles. The smallest absolute Gasteiger partial charge is 0.335 e. The van der Waals surface area contributed by atoms with Crippen molar-refractivity contribution in [2.24, 2.45) is 0 Å². The van der Waals surface area contributed by atoms with Gasteiger partial charge in [-0.25, -0.2) is 4.79 Å². The summed E-state index contributed by atoms with van der Waals surface area (Å²) in [4.78, 5) is 36.3. The summed E-state index contributed by atoms with van der Waals surface area (Å²) in [5, 5.41) is 11.7. The van der Waals surface area contributed by atoms with Gasteiger partial charge in [-0.1, -0.05) is 18.2 Å². The van der Waals surface area contributed by atoms with E-state index in [1.54, 1.807) is 32.0 Å². The predicted octanol–water partition coefficient (Wildman–Crippen LogP) is 0.912. The molecule has 0 aliphatic rings. The fourth-order valence-electron chi connectivity index (χ4n) is 1.96. The van der Waals surface area contributed by atoms with E-state index >= 15 is 0 Å². The summed E-state index contributed by atoms with van der Waals surface area (Å²) in [5.74, 6) is -1.55. The highest BCUT2D eigenvalue weighted by Crippen LogP contribution is 2.11. The molecule has 1 rings (SSSR count). The Hall–Kier alpha value is -2.37. The third-order valence-corrected chi connectivity index (χ3v) is 3.03. The minimum absolute atomic E-state index is 0.0155. The van der Waals surface area contributed by atoms with Crippen LogP contribution in [-0.2, 0) is 16.0 Å². The number of amides is 2. The van der Waals surface area contributed by atoms with Crippen molar-refractivity contribution in [2.45, 2.75) is 20.3 Å². The van der Waals surface area contributed by atoms with Crippen molar-refractivity contribution in [3.05, 3.63) is 35.4 Å². The maximum atomic E-state index is 12.2. The molecule has 6 nitrogen and oxygen atoms in total. The molecule has 21 heavy (non-hydrogen) atoms. The van der Waals surface area contributed by atoms with Crippen molar-refractivity contribution in [1.29, 1.82) is 0 Å². The van der Waals surface area contributed by atoms with E-state index in [1.165, 1.54) is 11.0 Å². The molecule has 0 saturated carbocycles. The van der Waals surface area contributed by atoms with Crippen LogP contribution in [-0.4, -0.2) is 47.4 Å². The molecule has 0 atom stereocenters. The van der Waals surface area contributed by atoms with Crippen molar-refractivity contribution in [3.8, 4) is 0 Å². The standard InChI is InChI=1S/C15H20N2O4/c1-3-16-13(18)10-17(4-2)14(19)9-11-7-5-6-8-12(11)15(20)21/h5-8H,3-4,9-10H2,1-2H3,(H,16,18)(H,20,21). The van der Waals surface area contributed by atoms with Crippen LogP contribution in [0.15, 0.2) is 24.3 Å². The second-order valence-electron chi connectivity index (χ2n) is 4.50. The lowest BCUT2D eigenvalue weighted by Crippen LogP contribution is -2.41. The minimum Gasteiger partial charge on any atom is -0.478 e. The van der Waals surface area contributed by atoms with Crippen LogP contribution < -0.4 is 5.32 Å². The number of rotatable bonds is 7. The van der Waals surface area contributed by atoms with Crippen LogP contribution >= 0.6 is 0 Å². The number of likely N-dealkylation sites (N-methyl/N-ethyl adjacent to an activating group) is 2. The zero-order chi connectivity index (χ0) is 15.8. The molecule has 0 aromatic heterocycles. The number of carboxylic acid groups (broad SMARTS) is 1. The van der Waals surface area contributed by atoms with E-state index < -0.39 is 5.97 Å². The SMILES string of the molecule is CCNC(=O)CN(CC)C(=O)Cc1ccccc1C(=O)O. The summed E-state index contributed by atoms with van der Waals surface area (Å²) >= 11 is 0. The van der Waals surface area contributed by atoms with Gasteiger partial charge in [0, 0.05) is 13.1 Å². The average molecular weight is 292 g/mol. The first-order chi connectivity index (χ1) is 9.99. The lowest BCUT2D eigenvalue weighted by Gasteiger charge is -2.20. The first kappa shape index (κ1) is 16.7. The molecule has 114 valence electrons. The van der Waals surface area contributed by atoms with Crippen molar-refractivity contribution < 1.29 is 19.5 Å². The maximum absolute atomic E-state index is 12.2. The second kappa shape index (κ2) is 8.04. The Labute approximate surface area is 123 Å². The molecule has 6 heteroatoms. The van der Waals surface area contributed by atoms with Gasteiger partial charge in [-0.2, -0.15) is 0 Å². The predicted molar refractivity (Wildman–Crippen MR) is 78.0 cm³/mol. The number of carbonyl (C=O) groups excluding carboxylic acids is 2. The van der Waals surface area contributed by atoms with Gasteiger partial charge in [0.2, 0.25) is 11.8 Å². The Bertz CT molecular complexity index is 528. The zero-order valence-corrected chi connectivity index (χ0v) is 12.3. The van der Waals surface area contributed by atoms with E-state index in [1.807, 2.05) is 0 Å². The van der Waals surface area contributed by atoms with E-state index in [-0.39, 0.29) is 30.3 Å². The van der Waals surface area contributed by atoms with Gasteiger partial charge in [0.25, 0.3) is 0 Å².